The van der Waals surface area contributed by atoms with Crippen molar-refractivity contribution in [1.82, 2.24) is 0 Å². The van der Waals surface area contributed by atoms with Crippen molar-refractivity contribution in [2.45, 2.75) is 84.5 Å². The lowest BCUT2D eigenvalue weighted by Gasteiger charge is -2.18. The van der Waals surface area contributed by atoms with Gasteiger partial charge in [0.1, 0.15) is 0 Å². The molecule has 3 N–H and O–H groups in total. The Labute approximate surface area is 137 Å². The first kappa shape index (κ1) is 21.2. The number of carbonyl (C=O) groups is 1. The summed E-state index contributed by atoms with van der Waals surface area (Å²) in [6.45, 7) is 4.17. The summed E-state index contributed by atoms with van der Waals surface area (Å²) in [5.41, 5.74) is 5.39. The van der Waals surface area contributed by atoms with E-state index in [1.165, 1.54) is 51.4 Å². The minimum atomic E-state index is -0.271. The summed E-state index contributed by atoms with van der Waals surface area (Å²) >= 11 is 0. The van der Waals surface area contributed by atoms with Gasteiger partial charge >= 0.3 is 0 Å². The molecule has 0 aliphatic rings. The second-order valence-electron chi connectivity index (χ2n) is 6.48. The molecule has 0 aliphatic carbocycles. The zero-order valence-electron chi connectivity index (χ0n) is 14.7. The molecule has 130 valence electrons. The van der Waals surface area contributed by atoms with E-state index in [1.807, 2.05) is 6.92 Å². The number of hydrogen-bond donors (Lipinski definition) is 2. The lowest BCUT2D eigenvalue weighted by molar-refractivity contribution is -0.124. The molecule has 2 atom stereocenters. The Morgan fingerprint density at radius 1 is 1.00 bits per heavy atom. The Morgan fingerprint density at radius 2 is 1.55 bits per heavy atom. The van der Waals surface area contributed by atoms with E-state index in [0.717, 1.165) is 19.3 Å². The van der Waals surface area contributed by atoms with Gasteiger partial charge in [0.05, 0.1) is 0 Å². The van der Waals surface area contributed by atoms with Crippen LogP contribution in [0.2, 0.25) is 0 Å². The zero-order chi connectivity index (χ0) is 16.6. The second kappa shape index (κ2) is 15.1. The summed E-state index contributed by atoms with van der Waals surface area (Å²) in [5, 5.41) is 9.13. The molecule has 1 amide bonds. The lowest BCUT2D eigenvalue weighted by Crippen LogP contribution is -2.30. The molecule has 0 spiro atoms. The molecule has 22 heavy (non-hydrogen) atoms. The van der Waals surface area contributed by atoms with Crippen LogP contribution in [0.15, 0.2) is 12.2 Å². The maximum atomic E-state index is 11.3. The minimum absolute atomic E-state index is 0.0202. The molecule has 0 aromatic rings. The van der Waals surface area contributed by atoms with Crippen LogP contribution in [0.3, 0.4) is 0 Å². The Balaban J connectivity index is 3.49. The summed E-state index contributed by atoms with van der Waals surface area (Å²) in [4.78, 5) is 11.3. The van der Waals surface area contributed by atoms with Gasteiger partial charge in [-0.25, -0.2) is 0 Å². The molecule has 0 fully saturated rings. The number of rotatable bonds is 15. The number of unbranched alkanes of at least 4 members (excludes halogenated alkanes) is 8. The Kier molecular flexibility index (Phi) is 14.5. The number of aliphatic hydroxyl groups is 1. The van der Waals surface area contributed by atoms with Crippen LogP contribution in [-0.4, -0.2) is 17.6 Å². The normalized spacial score (nSPS) is 14.3. The van der Waals surface area contributed by atoms with Crippen molar-refractivity contribution < 1.29 is 9.90 Å². The van der Waals surface area contributed by atoms with Crippen molar-refractivity contribution >= 4 is 5.91 Å². The Morgan fingerprint density at radius 3 is 2.05 bits per heavy atom. The van der Waals surface area contributed by atoms with Gasteiger partial charge in [-0.15, -0.1) is 0 Å². The van der Waals surface area contributed by atoms with Crippen molar-refractivity contribution in [3.63, 3.8) is 0 Å². The number of aliphatic hydroxyl groups excluding tert-OH is 1. The van der Waals surface area contributed by atoms with E-state index in [-0.39, 0.29) is 24.3 Å². The van der Waals surface area contributed by atoms with Crippen molar-refractivity contribution in [2.75, 3.05) is 6.61 Å². The fourth-order valence-electron chi connectivity index (χ4n) is 2.74. The third kappa shape index (κ3) is 11.8. The first-order chi connectivity index (χ1) is 10.6. The maximum absolute atomic E-state index is 11.3. The molecule has 0 aromatic heterocycles. The zero-order valence-corrected chi connectivity index (χ0v) is 14.7. The fourth-order valence-corrected chi connectivity index (χ4v) is 2.74. The van der Waals surface area contributed by atoms with Crippen molar-refractivity contribution in [2.24, 2.45) is 17.6 Å². The highest BCUT2D eigenvalue weighted by atomic mass is 16.3. The number of primary amides is 1. The largest absolute Gasteiger partial charge is 0.396 e. The van der Waals surface area contributed by atoms with Crippen LogP contribution in [-0.2, 0) is 4.79 Å². The first-order valence-corrected chi connectivity index (χ1v) is 9.18. The van der Waals surface area contributed by atoms with E-state index in [0.29, 0.717) is 0 Å². The maximum Gasteiger partial charge on any atom is 0.220 e. The molecule has 0 saturated carbocycles. The van der Waals surface area contributed by atoms with Crippen molar-refractivity contribution in [3.05, 3.63) is 12.2 Å². The van der Waals surface area contributed by atoms with E-state index in [2.05, 4.69) is 19.1 Å². The molecular formula is C19H37NO2. The number of amides is 1. The van der Waals surface area contributed by atoms with Gasteiger partial charge in [0.2, 0.25) is 5.91 Å². The van der Waals surface area contributed by atoms with E-state index in [9.17, 15) is 4.79 Å². The average Bonchev–Trinajstić information content (AvgIpc) is 2.51. The van der Waals surface area contributed by atoms with E-state index in [1.54, 1.807) is 0 Å². The molecule has 0 bridgehead atoms. The van der Waals surface area contributed by atoms with Crippen molar-refractivity contribution in [1.29, 1.82) is 0 Å². The number of nitrogens with two attached hydrogens (primary N) is 1. The van der Waals surface area contributed by atoms with Crippen LogP contribution < -0.4 is 5.73 Å². The summed E-state index contributed by atoms with van der Waals surface area (Å²) in [6.07, 6.45) is 17.8. The predicted octanol–water partition coefficient (Wildman–Crippen LogP) is 4.58. The molecular weight excluding hydrogens is 274 g/mol. The Bertz CT molecular complexity index is 289. The lowest BCUT2D eigenvalue weighted by atomic mass is 9.89. The van der Waals surface area contributed by atoms with Crippen LogP contribution >= 0.6 is 0 Å². The summed E-state index contributed by atoms with van der Waals surface area (Å²) in [6, 6.07) is 0. The van der Waals surface area contributed by atoms with Crippen LogP contribution in [0.5, 0.6) is 0 Å². The molecule has 2 unspecified atom stereocenters. The van der Waals surface area contributed by atoms with Gasteiger partial charge in [-0.2, -0.15) is 0 Å². The summed E-state index contributed by atoms with van der Waals surface area (Å²) < 4.78 is 0. The van der Waals surface area contributed by atoms with Crippen LogP contribution in [0.1, 0.15) is 84.5 Å². The molecule has 0 rings (SSSR count). The van der Waals surface area contributed by atoms with Gasteiger partial charge in [0.15, 0.2) is 0 Å². The molecule has 0 saturated heterocycles. The standard InChI is InChI=1S/C19H37NO2/c1-3-4-5-6-7-8-9-10-11-12-13-14-15-18(19(20)22)17(2)16-21/h8-9,17-18,21H,3-7,10-16H2,1-2H3,(H2,20,22)/b9-8+. The smallest absolute Gasteiger partial charge is 0.220 e. The molecule has 0 radical (unpaired) electrons. The molecule has 0 aromatic carbocycles. The van der Waals surface area contributed by atoms with E-state index >= 15 is 0 Å². The fraction of sp³-hybridized carbons (Fsp3) is 0.842. The summed E-state index contributed by atoms with van der Waals surface area (Å²) in [7, 11) is 0. The van der Waals surface area contributed by atoms with Gasteiger partial charge in [-0.05, 0) is 38.0 Å². The minimum Gasteiger partial charge on any atom is -0.396 e. The van der Waals surface area contributed by atoms with E-state index < -0.39 is 0 Å². The third-order valence-corrected chi connectivity index (χ3v) is 4.37. The molecule has 0 aliphatic heterocycles. The third-order valence-electron chi connectivity index (χ3n) is 4.37. The SMILES string of the molecule is CCCCCC/C=C/CCCCCCC(C(N)=O)C(C)CO. The van der Waals surface area contributed by atoms with Gasteiger partial charge < -0.3 is 10.8 Å². The van der Waals surface area contributed by atoms with Gasteiger partial charge in [-0.3, -0.25) is 4.79 Å². The highest BCUT2D eigenvalue weighted by Crippen LogP contribution is 2.19. The second-order valence-corrected chi connectivity index (χ2v) is 6.48. The molecule has 0 heterocycles. The molecule has 3 nitrogen and oxygen atoms in total. The molecule has 3 heteroatoms. The van der Waals surface area contributed by atoms with Crippen molar-refractivity contribution in [3.8, 4) is 0 Å². The highest BCUT2D eigenvalue weighted by Gasteiger charge is 2.21. The van der Waals surface area contributed by atoms with Gasteiger partial charge in [-0.1, -0.05) is 64.5 Å². The quantitative estimate of drug-likeness (QED) is 0.343. The predicted molar refractivity (Wildman–Crippen MR) is 94.5 cm³/mol. The number of carbonyl (C=O) groups excluding carboxylic acids is 1. The monoisotopic (exact) mass is 311 g/mol. The topological polar surface area (TPSA) is 63.3 Å². The highest BCUT2D eigenvalue weighted by molar-refractivity contribution is 5.76. The Hall–Kier alpha value is -0.830. The average molecular weight is 312 g/mol. The van der Waals surface area contributed by atoms with Crippen LogP contribution in [0.25, 0.3) is 0 Å². The van der Waals surface area contributed by atoms with Crippen LogP contribution in [0, 0.1) is 11.8 Å². The first-order valence-electron chi connectivity index (χ1n) is 9.18. The van der Waals surface area contributed by atoms with Gasteiger partial charge in [0.25, 0.3) is 0 Å². The summed E-state index contributed by atoms with van der Waals surface area (Å²) in [5.74, 6) is -0.464. The van der Waals surface area contributed by atoms with E-state index in [4.69, 9.17) is 10.8 Å². The van der Waals surface area contributed by atoms with Gasteiger partial charge in [0, 0.05) is 12.5 Å². The number of hydrogen-bond acceptors (Lipinski definition) is 2. The number of allylic oxidation sites excluding steroid dienone is 2. The van der Waals surface area contributed by atoms with Crippen LogP contribution in [0.4, 0.5) is 0 Å².